The minimum absolute atomic E-state index is 0.0380. The number of hydrazine groups is 1. The fourth-order valence-electron chi connectivity index (χ4n) is 2.68. The Balaban J connectivity index is 1.52. The van der Waals surface area contributed by atoms with E-state index in [1.54, 1.807) is 18.2 Å². The number of hydrogen-bond donors (Lipinski definition) is 2. The fraction of sp³-hybridized carbons (Fsp3) is 0.0870. The van der Waals surface area contributed by atoms with Gasteiger partial charge >= 0.3 is 6.61 Å². The quantitative estimate of drug-likeness (QED) is 0.505. The predicted molar refractivity (Wildman–Crippen MR) is 111 cm³/mol. The molecule has 0 spiro atoms. The van der Waals surface area contributed by atoms with Crippen LogP contribution in [0.2, 0.25) is 0 Å². The van der Waals surface area contributed by atoms with Crippen molar-refractivity contribution in [1.29, 1.82) is 0 Å². The summed E-state index contributed by atoms with van der Waals surface area (Å²) in [6.45, 7) is 0.715. The lowest BCUT2D eigenvalue weighted by molar-refractivity contribution is -0.123. The lowest BCUT2D eigenvalue weighted by Gasteiger charge is -2.14. The van der Waals surface area contributed by atoms with E-state index in [9.17, 15) is 13.6 Å². The number of halogens is 2. The molecule has 0 heterocycles. The molecule has 0 unspecified atom stereocenters. The Morgan fingerprint density at radius 3 is 2.27 bits per heavy atom. The van der Waals surface area contributed by atoms with Crippen LogP contribution in [-0.2, 0) is 4.79 Å². The van der Waals surface area contributed by atoms with Gasteiger partial charge in [-0.3, -0.25) is 15.6 Å². The van der Waals surface area contributed by atoms with Crippen molar-refractivity contribution in [3.63, 3.8) is 0 Å². The highest BCUT2D eigenvalue weighted by Crippen LogP contribution is 2.29. The number of para-hydroxylation sites is 1. The second kappa shape index (κ2) is 10.1. The third-order valence-electron chi connectivity index (χ3n) is 4.11. The van der Waals surface area contributed by atoms with Gasteiger partial charge in [-0.15, -0.1) is 0 Å². The molecular formula is C23H20F2N2O3. The van der Waals surface area contributed by atoms with Crippen LogP contribution >= 0.6 is 0 Å². The first-order valence-electron chi connectivity index (χ1n) is 9.09. The van der Waals surface area contributed by atoms with Crippen LogP contribution in [0, 0.1) is 0 Å². The van der Waals surface area contributed by atoms with Crippen LogP contribution in [-0.4, -0.2) is 19.1 Å². The first-order valence-corrected chi connectivity index (χ1v) is 9.09. The second-order valence-corrected chi connectivity index (χ2v) is 6.21. The summed E-state index contributed by atoms with van der Waals surface area (Å²) in [6, 6.07) is 23.0. The Kier molecular flexibility index (Phi) is 7.00. The molecule has 30 heavy (non-hydrogen) atoms. The van der Waals surface area contributed by atoms with Crippen molar-refractivity contribution < 1.29 is 23.0 Å². The SMILES string of the molecule is C=C(NNC(=O)COc1ccccc1-c1ccccc1)c1ccc(OC(F)F)cc1. The Morgan fingerprint density at radius 2 is 1.57 bits per heavy atom. The number of carbonyl (C=O) groups is 1. The zero-order chi connectivity index (χ0) is 21.3. The summed E-state index contributed by atoms with van der Waals surface area (Å²) in [5, 5.41) is 0. The maximum atomic E-state index is 12.2. The highest BCUT2D eigenvalue weighted by atomic mass is 19.3. The van der Waals surface area contributed by atoms with E-state index in [1.807, 2.05) is 48.5 Å². The molecule has 5 nitrogen and oxygen atoms in total. The smallest absolute Gasteiger partial charge is 0.387 e. The molecule has 0 bridgehead atoms. The van der Waals surface area contributed by atoms with E-state index in [0.717, 1.165) is 11.1 Å². The molecule has 154 valence electrons. The molecule has 0 aliphatic carbocycles. The molecule has 2 N–H and O–H groups in total. The fourth-order valence-corrected chi connectivity index (χ4v) is 2.68. The van der Waals surface area contributed by atoms with Crippen LogP contribution in [0.15, 0.2) is 85.4 Å². The molecule has 3 rings (SSSR count). The molecule has 7 heteroatoms. The van der Waals surface area contributed by atoms with Crippen molar-refractivity contribution in [3.8, 4) is 22.6 Å². The summed E-state index contributed by atoms with van der Waals surface area (Å²) >= 11 is 0. The number of benzene rings is 3. The number of carbonyl (C=O) groups excluding carboxylic acids is 1. The number of alkyl halides is 2. The van der Waals surface area contributed by atoms with E-state index in [0.29, 0.717) is 17.0 Å². The lowest BCUT2D eigenvalue weighted by atomic mass is 10.1. The molecular weight excluding hydrogens is 390 g/mol. The number of rotatable bonds is 9. The van der Waals surface area contributed by atoms with Crippen LogP contribution in [0.1, 0.15) is 5.56 Å². The second-order valence-electron chi connectivity index (χ2n) is 6.21. The van der Waals surface area contributed by atoms with Crippen molar-refractivity contribution in [2.45, 2.75) is 6.61 Å². The number of amides is 1. The van der Waals surface area contributed by atoms with Gasteiger partial charge < -0.3 is 9.47 Å². The van der Waals surface area contributed by atoms with Gasteiger partial charge in [0, 0.05) is 5.56 Å². The molecule has 1 amide bonds. The summed E-state index contributed by atoms with van der Waals surface area (Å²) < 4.78 is 34.4. The van der Waals surface area contributed by atoms with Gasteiger partial charge in [0.15, 0.2) is 6.61 Å². The van der Waals surface area contributed by atoms with E-state index >= 15 is 0 Å². The van der Waals surface area contributed by atoms with Crippen LogP contribution in [0.25, 0.3) is 16.8 Å². The molecule has 0 aromatic heterocycles. The third kappa shape index (κ3) is 5.81. The Bertz CT molecular complexity index is 993. The molecule has 3 aromatic carbocycles. The van der Waals surface area contributed by atoms with Gasteiger partial charge in [0.25, 0.3) is 5.91 Å². The molecule has 3 aromatic rings. The molecule has 0 fully saturated rings. The molecule has 0 saturated carbocycles. The van der Waals surface area contributed by atoms with E-state index in [-0.39, 0.29) is 12.4 Å². The van der Waals surface area contributed by atoms with Crippen molar-refractivity contribution in [3.05, 3.63) is 91.0 Å². The summed E-state index contributed by atoms with van der Waals surface area (Å²) in [6.07, 6.45) is 0. The first kappa shape index (κ1) is 20.9. The Labute approximate surface area is 172 Å². The van der Waals surface area contributed by atoms with Gasteiger partial charge in [-0.05, 0) is 41.5 Å². The van der Waals surface area contributed by atoms with Crippen molar-refractivity contribution in [2.75, 3.05) is 6.61 Å². The van der Waals surface area contributed by atoms with Crippen LogP contribution in [0.4, 0.5) is 8.78 Å². The maximum absolute atomic E-state index is 12.2. The molecule has 0 atom stereocenters. The minimum atomic E-state index is -2.89. The summed E-state index contributed by atoms with van der Waals surface area (Å²) in [5.41, 5.74) is 8.03. The average molecular weight is 410 g/mol. The average Bonchev–Trinajstić information content (AvgIpc) is 2.77. The van der Waals surface area contributed by atoms with Crippen LogP contribution in [0.5, 0.6) is 11.5 Å². The van der Waals surface area contributed by atoms with Gasteiger partial charge in [-0.1, -0.05) is 55.1 Å². The zero-order valence-corrected chi connectivity index (χ0v) is 16.0. The predicted octanol–water partition coefficient (Wildman–Crippen LogP) is 4.63. The highest BCUT2D eigenvalue weighted by molar-refractivity contribution is 5.79. The normalized spacial score (nSPS) is 10.4. The van der Waals surface area contributed by atoms with E-state index in [2.05, 4.69) is 22.2 Å². The maximum Gasteiger partial charge on any atom is 0.387 e. The Hall–Kier alpha value is -3.87. The van der Waals surface area contributed by atoms with E-state index in [1.165, 1.54) is 12.1 Å². The summed E-state index contributed by atoms with van der Waals surface area (Å²) in [7, 11) is 0. The van der Waals surface area contributed by atoms with Gasteiger partial charge in [-0.25, -0.2) is 0 Å². The Morgan fingerprint density at radius 1 is 0.900 bits per heavy atom. The topological polar surface area (TPSA) is 59.6 Å². The van der Waals surface area contributed by atoms with Gasteiger partial charge in [-0.2, -0.15) is 8.78 Å². The number of hydrogen-bond acceptors (Lipinski definition) is 4. The summed E-state index contributed by atoms with van der Waals surface area (Å²) in [5.74, 6) is 0.222. The van der Waals surface area contributed by atoms with Crippen molar-refractivity contribution >= 4 is 11.6 Å². The molecule has 0 saturated heterocycles. The molecule has 0 radical (unpaired) electrons. The number of ether oxygens (including phenoxy) is 2. The largest absolute Gasteiger partial charge is 0.483 e. The lowest BCUT2D eigenvalue weighted by Crippen LogP contribution is -2.39. The van der Waals surface area contributed by atoms with Gasteiger partial charge in [0.2, 0.25) is 0 Å². The highest BCUT2D eigenvalue weighted by Gasteiger charge is 2.09. The third-order valence-corrected chi connectivity index (χ3v) is 4.11. The van der Waals surface area contributed by atoms with Crippen LogP contribution < -0.4 is 20.3 Å². The van der Waals surface area contributed by atoms with Gasteiger partial charge in [0.05, 0.1) is 5.70 Å². The first-order chi connectivity index (χ1) is 14.5. The van der Waals surface area contributed by atoms with Crippen LogP contribution in [0.3, 0.4) is 0 Å². The van der Waals surface area contributed by atoms with Gasteiger partial charge in [0.1, 0.15) is 11.5 Å². The minimum Gasteiger partial charge on any atom is -0.483 e. The monoisotopic (exact) mass is 410 g/mol. The van der Waals surface area contributed by atoms with E-state index in [4.69, 9.17) is 4.74 Å². The number of nitrogens with one attached hydrogen (secondary N) is 2. The van der Waals surface area contributed by atoms with E-state index < -0.39 is 12.5 Å². The molecule has 0 aliphatic rings. The standard InChI is InChI=1S/C23H20F2N2O3/c1-16(17-11-13-19(14-12-17)30-23(24)25)26-27-22(28)15-29-21-10-6-5-9-20(21)18-7-3-2-4-8-18/h2-14,23,26H,1,15H2,(H,27,28). The van der Waals surface area contributed by atoms with Crippen molar-refractivity contribution in [2.24, 2.45) is 0 Å². The molecule has 0 aliphatic heterocycles. The zero-order valence-electron chi connectivity index (χ0n) is 16.0. The summed E-state index contributed by atoms with van der Waals surface area (Å²) in [4.78, 5) is 12.1. The van der Waals surface area contributed by atoms with Crippen molar-refractivity contribution in [1.82, 2.24) is 10.9 Å².